The van der Waals surface area contributed by atoms with Gasteiger partial charge in [-0.25, -0.2) is 0 Å². The van der Waals surface area contributed by atoms with Crippen molar-refractivity contribution in [1.82, 2.24) is 26.2 Å². The van der Waals surface area contributed by atoms with Crippen molar-refractivity contribution in [2.24, 2.45) is 5.92 Å². The van der Waals surface area contributed by atoms with Crippen molar-refractivity contribution in [2.45, 2.75) is 45.2 Å². The summed E-state index contributed by atoms with van der Waals surface area (Å²) < 4.78 is 0. The van der Waals surface area contributed by atoms with Gasteiger partial charge in [0.1, 0.15) is 12.3 Å². The van der Waals surface area contributed by atoms with Gasteiger partial charge in [-0.1, -0.05) is 20.8 Å². The molecule has 0 aromatic carbocycles. The summed E-state index contributed by atoms with van der Waals surface area (Å²) >= 11 is 0. The number of hydrogen-bond acceptors (Lipinski definition) is 6. The number of amides is 2. The smallest absolute Gasteiger partial charge is 0.242 e. The molecule has 150 valence electrons. The Labute approximate surface area is 156 Å². The number of rotatable bonds is 13. The number of hydrogen-bond donors (Lipinski definition) is 4. The summed E-state index contributed by atoms with van der Waals surface area (Å²) in [6.45, 7) is 9.32. The molecular weight excluding hydrogens is 334 g/mol. The van der Waals surface area contributed by atoms with Crippen molar-refractivity contribution >= 4 is 18.1 Å². The molecule has 0 aromatic heterocycles. The summed E-state index contributed by atoms with van der Waals surface area (Å²) in [4.78, 5) is 37.4. The summed E-state index contributed by atoms with van der Waals surface area (Å²) in [6.07, 6.45) is 2.38. The highest BCUT2D eigenvalue weighted by molar-refractivity contribution is 5.88. The van der Waals surface area contributed by atoms with Crippen LogP contribution in [0, 0.1) is 5.92 Å². The molecule has 26 heavy (non-hydrogen) atoms. The van der Waals surface area contributed by atoms with Crippen LogP contribution in [0.25, 0.3) is 0 Å². The first-order chi connectivity index (χ1) is 12.3. The van der Waals surface area contributed by atoms with E-state index < -0.39 is 6.04 Å². The van der Waals surface area contributed by atoms with Crippen LogP contribution >= 0.6 is 0 Å². The first kappa shape index (κ1) is 22.5. The van der Waals surface area contributed by atoms with Crippen molar-refractivity contribution in [3.05, 3.63) is 0 Å². The Morgan fingerprint density at radius 3 is 2.50 bits per heavy atom. The summed E-state index contributed by atoms with van der Waals surface area (Å²) in [6, 6.07) is -0.548. The van der Waals surface area contributed by atoms with Gasteiger partial charge in [0, 0.05) is 19.6 Å². The molecule has 0 aliphatic carbocycles. The Bertz CT molecular complexity index is 466. The van der Waals surface area contributed by atoms with E-state index in [9.17, 15) is 14.4 Å². The van der Waals surface area contributed by atoms with E-state index in [4.69, 9.17) is 0 Å². The van der Waals surface area contributed by atoms with Gasteiger partial charge in [-0.3, -0.25) is 14.5 Å². The Balaban J connectivity index is 2.56. The third kappa shape index (κ3) is 7.80. The number of carbonyl (C=O) groups is 3. The first-order valence-electron chi connectivity index (χ1n) is 9.47. The third-order valence-electron chi connectivity index (χ3n) is 4.47. The van der Waals surface area contributed by atoms with Crippen LogP contribution in [0.5, 0.6) is 0 Å². The van der Waals surface area contributed by atoms with Crippen molar-refractivity contribution in [3.8, 4) is 0 Å². The summed E-state index contributed by atoms with van der Waals surface area (Å²) in [5.74, 6) is -0.0304. The lowest BCUT2D eigenvalue weighted by molar-refractivity contribution is -0.130. The van der Waals surface area contributed by atoms with Gasteiger partial charge >= 0.3 is 0 Å². The lowest BCUT2D eigenvalue weighted by atomic mass is 9.92. The monoisotopic (exact) mass is 369 g/mol. The SMILES string of the molecule is CCCN(C)CC(=O)NC(CC(C)C)C(=O)NCC1(NCC=O)CNC1. The van der Waals surface area contributed by atoms with E-state index in [1.165, 1.54) is 0 Å². The molecule has 1 rings (SSSR count). The van der Waals surface area contributed by atoms with Gasteiger partial charge in [0.05, 0.1) is 18.6 Å². The van der Waals surface area contributed by atoms with Gasteiger partial charge in [0.25, 0.3) is 0 Å². The molecule has 8 heteroatoms. The Kier molecular flexibility index (Phi) is 9.75. The van der Waals surface area contributed by atoms with Crippen LogP contribution in [0.3, 0.4) is 0 Å². The first-order valence-corrected chi connectivity index (χ1v) is 9.47. The number of nitrogens with one attached hydrogen (secondary N) is 4. The Morgan fingerprint density at radius 2 is 2.00 bits per heavy atom. The van der Waals surface area contributed by atoms with Gasteiger partial charge in [-0.15, -0.1) is 0 Å². The van der Waals surface area contributed by atoms with E-state index in [2.05, 4.69) is 28.2 Å². The standard InChI is InChI=1S/C18H35N5O3/c1-5-7-23(4)10-16(25)22-15(9-14(2)3)17(26)20-13-18(11-19-12-18)21-6-8-24/h8,14-15,19,21H,5-7,9-13H2,1-4H3,(H,20,26)(H,22,25). The molecule has 1 fully saturated rings. The third-order valence-corrected chi connectivity index (χ3v) is 4.47. The normalized spacial score (nSPS) is 16.8. The molecule has 0 spiro atoms. The van der Waals surface area contributed by atoms with Gasteiger partial charge in [0.15, 0.2) is 0 Å². The van der Waals surface area contributed by atoms with Gasteiger partial charge in [0.2, 0.25) is 11.8 Å². The fourth-order valence-electron chi connectivity index (χ4n) is 3.03. The van der Waals surface area contributed by atoms with Crippen molar-refractivity contribution in [1.29, 1.82) is 0 Å². The predicted molar refractivity (Wildman–Crippen MR) is 102 cm³/mol. The largest absolute Gasteiger partial charge is 0.352 e. The minimum Gasteiger partial charge on any atom is -0.352 e. The highest BCUT2D eigenvalue weighted by Gasteiger charge is 2.37. The molecule has 0 bridgehead atoms. The zero-order valence-corrected chi connectivity index (χ0v) is 16.6. The number of likely N-dealkylation sites (N-methyl/N-ethyl adjacent to an activating group) is 1. The van der Waals surface area contributed by atoms with Crippen LogP contribution in [0.1, 0.15) is 33.6 Å². The minimum absolute atomic E-state index is 0.138. The van der Waals surface area contributed by atoms with Crippen molar-refractivity contribution in [3.63, 3.8) is 0 Å². The second-order valence-electron chi connectivity index (χ2n) is 7.64. The van der Waals surface area contributed by atoms with E-state index in [1.54, 1.807) is 0 Å². The van der Waals surface area contributed by atoms with E-state index in [0.717, 1.165) is 19.3 Å². The highest BCUT2D eigenvalue weighted by Crippen LogP contribution is 2.10. The number of nitrogens with zero attached hydrogens (tertiary/aromatic N) is 1. The molecule has 1 heterocycles. The second kappa shape index (κ2) is 11.3. The molecule has 0 aromatic rings. The van der Waals surface area contributed by atoms with Crippen LogP contribution in [0.2, 0.25) is 0 Å². The predicted octanol–water partition coefficient (Wildman–Crippen LogP) is -0.894. The molecule has 1 atom stereocenters. The van der Waals surface area contributed by atoms with Crippen molar-refractivity contribution < 1.29 is 14.4 Å². The summed E-state index contributed by atoms with van der Waals surface area (Å²) in [7, 11) is 1.90. The fourth-order valence-corrected chi connectivity index (χ4v) is 3.03. The lowest BCUT2D eigenvalue weighted by Crippen LogP contribution is -2.72. The maximum atomic E-state index is 12.6. The second-order valence-corrected chi connectivity index (χ2v) is 7.64. The summed E-state index contributed by atoms with van der Waals surface area (Å²) in [5, 5.41) is 12.1. The van der Waals surface area contributed by atoms with Gasteiger partial charge < -0.3 is 26.1 Å². The van der Waals surface area contributed by atoms with Gasteiger partial charge in [-0.2, -0.15) is 0 Å². The molecular formula is C18H35N5O3. The van der Waals surface area contributed by atoms with E-state index in [0.29, 0.717) is 26.1 Å². The average molecular weight is 370 g/mol. The molecule has 1 saturated heterocycles. The Hall–Kier alpha value is -1.51. The van der Waals surface area contributed by atoms with Crippen molar-refractivity contribution in [2.75, 3.05) is 46.3 Å². The van der Waals surface area contributed by atoms with Gasteiger partial charge in [-0.05, 0) is 32.4 Å². The van der Waals surface area contributed by atoms with Crippen LogP contribution in [0.15, 0.2) is 0 Å². The quantitative estimate of drug-likeness (QED) is 0.314. The van der Waals surface area contributed by atoms with E-state index in [-0.39, 0.29) is 36.4 Å². The molecule has 4 N–H and O–H groups in total. The molecule has 0 radical (unpaired) electrons. The fraction of sp³-hybridized carbons (Fsp3) is 0.833. The topological polar surface area (TPSA) is 103 Å². The highest BCUT2D eigenvalue weighted by atomic mass is 16.2. The van der Waals surface area contributed by atoms with Crippen LogP contribution in [0.4, 0.5) is 0 Å². The number of carbonyl (C=O) groups excluding carboxylic acids is 3. The molecule has 1 unspecified atom stereocenters. The lowest BCUT2D eigenvalue weighted by Gasteiger charge is -2.43. The average Bonchev–Trinajstić information content (AvgIpc) is 2.52. The molecule has 1 aliphatic rings. The van der Waals surface area contributed by atoms with E-state index >= 15 is 0 Å². The molecule has 2 amide bonds. The number of aldehydes is 1. The van der Waals surface area contributed by atoms with Crippen LogP contribution in [-0.2, 0) is 14.4 Å². The Morgan fingerprint density at radius 1 is 1.31 bits per heavy atom. The molecule has 8 nitrogen and oxygen atoms in total. The van der Waals surface area contributed by atoms with Crippen LogP contribution < -0.4 is 21.3 Å². The molecule has 0 saturated carbocycles. The van der Waals surface area contributed by atoms with Crippen LogP contribution in [-0.4, -0.2) is 80.9 Å². The maximum absolute atomic E-state index is 12.6. The van der Waals surface area contributed by atoms with E-state index in [1.807, 2.05) is 25.8 Å². The maximum Gasteiger partial charge on any atom is 0.242 e. The summed E-state index contributed by atoms with van der Waals surface area (Å²) in [5.41, 5.74) is -0.287. The zero-order chi connectivity index (χ0) is 19.6. The zero-order valence-electron chi connectivity index (χ0n) is 16.6. The minimum atomic E-state index is -0.548. The molecule has 1 aliphatic heterocycles.